The van der Waals surface area contributed by atoms with Crippen LogP contribution in [-0.4, -0.2) is 48.1 Å². The number of piperazine rings is 1. The maximum atomic E-state index is 9.75. The molecule has 0 atom stereocenters. The molecule has 0 aromatic heterocycles. The molecule has 0 aliphatic carbocycles. The van der Waals surface area contributed by atoms with Crippen LogP contribution in [0.4, 0.5) is 0 Å². The van der Waals surface area contributed by atoms with E-state index in [1.165, 1.54) is 0 Å². The van der Waals surface area contributed by atoms with Crippen LogP contribution >= 0.6 is 11.6 Å². The average Bonchev–Trinajstić information content (AvgIpc) is 2.26. The Morgan fingerprint density at radius 2 is 1.94 bits per heavy atom. The van der Waals surface area contributed by atoms with E-state index in [0.717, 1.165) is 38.3 Å². The smallest absolute Gasteiger partial charge is 0.121 e. The van der Waals surface area contributed by atoms with Crippen molar-refractivity contribution in [2.75, 3.05) is 33.2 Å². The van der Waals surface area contributed by atoms with E-state index in [4.69, 9.17) is 11.6 Å². The zero-order chi connectivity index (χ0) is 11.5. The Balaban J connectivity index is 2.04. The topological polar surface area (TPSA) is 26.7 Å². The second-order valence-electron chi connectivity index (χ2n) is 4.32. The van der Waals surface area contributed by atoms with Gasteiger partial charge in [0.2, 0.25) is 0 Å². The van der Waals surface area contributed by atoms with E-state index in [2.05, 4.69) is 16.8 Å². The maximum absolute atomic E-state index is 9.75. The summed E-state index contributed by atoms with van der Waals surface area (Å²) in [6.45, 7) is 4.94. The molecule has 1 N–H and O–H groups in total. The summed E-state index contributed by atoms with van der Waals surface area (Å²) < 4.78 is 0. The minimum atomic E-state index is 0.298. The van der Waals surface area contributed by atoms with Gasteiger partial charge in [-0.25, -0.2) is 0 Å². The Hall–Kier alpha value is -0.770. The van der Waals surface area contributed by atoms with E-state index < -0.39 is 0 Å². The standard InChI is InChI=1S/C12H17ClN2O/c1-14-5-7-15(8-6-14)9-10-11(13)3-2-4-12(10)16/h2-4,16H,5-9H2,1H3. The predicted octanol–water partition coefficient (Wildman–Crippen LogP) is 1.79. The molecular formula is C12H17ClN2O. The van der Waals surface area contributed by atoms with Gasteiger partial charge in [-0.15, -0.1) is 0 Å². The molecule has 4 heteroatoms. The van der Waals surface area contributed by atoms with Crippen LogP contribution in [0.1, 0.15) is 5.56 Å². The van der Waals surface area contributed by atoms with Crippen LogP contribution in [0.15, 0.2) is 18.2 Å². The number of hydrogen-bond donors (Lipinski definition) is 1. The highest BCUT2D eigenvalue weighted by molar-refractivity contribution is 6.31. The Bertz CT molecular complexity index is 342. The lowest BCUT2D eigenvalue weighted by atomic mass is 10.1. The third-order valence-corrected chi connectivity index (χ3v) is 3.43. The van der Waals surface area contributed by atoms with Crippen molar-refractivity contribution >= 4 is 11.6 Å². The van der Waals surface area contributed by atoms with Crippen molar-refractivity contribution in [1.29, 1.82) is 0 Å². The average molecular weight is 241 g/mol. The van der Waals surface area contributed by atoms with Gasteiger partial charge in [0.1, 0.15) is 5.75 Å². The molecule has 0 radical (unpaired) electrons. The number of benzene rings is 1. The number of phenols is 1. The van der Waals surface area contributed by atoms with Gasteiger partial charge in [0.25, 0.3) is 0 Å². The van der Waals surface area contributed by atoms with Crippen molar-refractivity contribution in [2.24, 2.45) is 0 Å². The second-order valence-corrected chi connectivity index (χ2v) is 4.72. The molecule has 1 fully saturated rings. The summed E-state index contributed by atoms with van der Waals surface area (Å²) in [4.78, 5) is 4.63. The first-order valence-corrected chi connectivity index (χ1v) is 5.92. The number of aromatic hydroxyl groups is 1. The molecule has 3 nitrogen and oxygen atoms in total. The molecular weight excluding hydrogens is 224 g/mol. The summed E-state index contributed by atoms with van der Waals surface area (Å²) in [5, 5.41) is 10.4. The van der Waals surface area contributed by atoms with E-state index in [-0.39, 0.29) is 0 Å². The summed E-state index contributed by atoms with van der Waals surface area (Å²) in [5.41, 5.74) is 0.841. The van der Waals surface area contributed by atoms with Gasteiger partial charge in [-0.3, -0.25) is 4.90 Å². The number of nitrogens with zero attached hydrogens (tertiary/aromatic N) is 2. The fraction of sp³-hybridized carbons (Fsp3) is 0.500. The van der Waals surface area contributed by atoms with Crippen LogP contribution in [0, 0.1) is 0 Å². The van der Waals surface area contributed by atoms with Crippen molar-refractivity contribution in [2.45, 2.75) is 6.54 Å². The van der Waals surface area contributed by atoms with Gasteiger partial charge in [-0.2, -0.15) is 0 Å². The summed E-state index contributed by atoms with van der Waals surface area (Å²) >= 11 is 6.08. The molecule has 1 aliphatic heterocycles. The van der Waals surface area contributed by atoms with E-state index in [1.807, 2.05) is 6.07 Å². The van der Waals surface area contributed by atoms with Crippen LogP contribution < -0.4 is 0 Å². The van der Waals surface area contributed by atoms with E-state index >= 15 is 0 Å². The van der Waals surface area contributed by atoms with Gasteiger partial charge in [0.15, 0.2) is 0 Å². The molecule has 0 saturated carbocycles. The van der Waals surface area contributed by atoms with Crippen molar-refractivity contribution in [3.05, 3.63) is 28.8 Å². The van der Waals surface area contributed by atoms with Crippen molar-refractivity contribution in [3.8, 4) is 5.75 Å². The molecule has 1 saturated heterocycles. The Morgan fingerprint density at radius 3 is 2.56 bits per heavy atom. The summed E-state index contributed by atoms with van der Waals surface area (Å²) in [7, 11) is 2.13. The molecule has 1 heterocycles. The Kier molecular flexibility index (Phi) is 3.69. The van der Waals surface area contributed by atoms with Gasteiger partial charge in [0.05, 0.1) is 0 Å². The number of phenolic OH excluding ortho intramolecular Hbond substituents is 1. The van der Waals surface area contributed by atoms with E-state index in [1.54, 1.807) is 12.1 Å². The lowest BCUT2D eigenvalue weighted by molar-refractivity contribution is 0.147. The normalized spacial score (nSPS) is 18.9. The number of halogens is 1. The Morgan fingerprint density at radius 1 is 1.25 bits per heavy atom. The molecule has 0 unspecified atom stereocenters. The monoisotopic (exact) mass is 240 g/mol. The van der Waals surface area contributed by atoms with Crippen molar-refractivity contribution in [3.63, 3.8) is 0 Å². The zero-order valence-electron chi connectivity index (χ0n) is 9.49. The fourth-order valence-electron chi connectivity index (χ4n) is 1.93. The van der Waals surface area contributed by atoms with Gasteiger partial charge in [-0.05, 0) is 19.2 Å². The van der Waals surface area contributed by atoms with Gasteiger partial charge in [0, 0.05) is 43.3 Å². The minimum absolute atomic E-state index is 0.298. The summed E-state index contributed by atoms with van der Waals surface area (Å²) in [5.74, 6) is 0.298. The molecule has 88 valence electrons. The molecule has 0 bridgehead atoms. The molecule has 0 spiro atoms. The van der Waals surface area contributed by atoms with Crippen molar-refractivity contribution < 1.29 is 5.11 Å². The Labute approximate surface area is 101 Å². The van der Waals surface area contributed by atoms with Crippen LogP contribution in [0.2, 0.25) is 5.02 Å². The highest BCUT2D eigenvalue weighted by atomic mass is 35.5. The third-order valence-electron chi connectivity index (χ3n) is 3.07. The molecule has 1 aliphatic rings. The summed E-state index contributed by atoms with van der Waals surface area (Å²) in [6, 6.07) is 5.29. The predicted molar refractivity (Wildman–Crippen MR) is 65.9 cm³/mol. The third kappa shape index (κ3) is 2.67. The maximum Gasteiger partial charge on any atom is 0.121 e. The molecule has 2 rings (SSSR count). The largest absolute Gasteiger partial charge is 0.508 e. The van der Waals surface area contributed by atoms with Gasteiger partial charge >= 0.3 is 0 Å². The van der Waals surface area contributed by atoms with E-state index in [9.17, 15) is 5.11 Å². The van der Waals surface area contributed by atoms with Crippen LogP contribution in [0.5, 0.6) is 5.75 Å². The second kappa shape index (κ2) is 5.04. The number of rotatable bonds is 2. The first-order valence-electron chi connectivity index (χ1n) is 5.54. The molecule has 16 heavy (non-hydrogen) atoms. The molecule has 1 aromatic rings. The number of likely N-dealkylation sites (N-methyl/N-ethyl adjacent to an activating group) is 1. The van der Waals surface area contributed by atoms with E-state index in [0.29, 0.717) is 10.8 Å². The lowest BCUT2D eigenvalue weighted by Crippen LogP contribution is -2.43. The quantitative estimate of drug-likeness (QED) is 0.854. The summed E-state index contributed by atoms with van der Waals surface area (Å²) in [6.07, 6.45) is 0. The lowest BCUT2D eigenvalue weighted by Gasteiger charge is -2.32. The van der Waals surface area contributed by atoms with Crippen LogP contribution in [0.25, 0.3) is 0 Å². The first kappa shape index (κ1) is 11.7. The SMILES string of the molecule is CN1CCN(Cc2c(O)cccc2Cl)CC1. The van der Waals surface area contributed by atoms with Gasteiger partial charge < -0.3 is 10.0 Å². The van der Waals surface area contributed by atoms with Crippen LogP contribution in [-0.2, 0) is 6.54 Å². The highest BCUT2D eigenvalue weighted by Gasteiger charge is 2.16. The molecule has 0 amide bonds. The zero-order valence-corrected chi connectivity index (χ0v) is 10.2. The van der Waals surface area contributed by atoms with Crippen LogP contribution in [0.3, 0.4) is 0 Å². The minimum Gasteiger partial charge on any atom is -0.508 e. The highest BCUT2D eigenvalue weighted by Crippen LogP contribution is 2.26. The molecule has 1 aromatic carbocycles. The number of hydrogen-bond acceptors (Lipinski definition) is 3. The first-order chi connectivity index (χ1) is 7.66. The van der Waals surface area contributed by atoms with Gasteiger partial charge in [-0.1, -0.05) is 17.7 Å². The van der Waals surface area contributed by atoms with Crippen molar-refractivity contribution in [1.82, 2.24) is 9.80 Å². The fourth-order valence-corrected chi connectivity index (χ4v) is 2.16.